The number of aliphatic carboxylic acids is 1. The third-order valence-corrected chi connectivity index (χ3v) is 1.99. The number of carbonyl (C=O) groups is 1. The van der Waals surface area contributed by atoms with Gasteiger partial charge in [-0.05, 0) is 13.3 Å². The first kappa shape index (κ1) is 10.2. The van der Waals surface area contributed by atoms with E-state index in [1.165, 1.54) is 6.08 Å². The third-order valence-electron chi connectivity index (χ3n) is 1.99. The van der Waals surface area contributed by atoms with Crippen LogP contribution in [0.5, 0.6) is 0 Å². The molecule has 0 rings (SSSR count). The Morgan fingerprint density at radius 3 is 2.55 bits per heavy atom. The SMILES string of the molecule is C=CC(C)(CCCC)C(=O)O. The monoisotopic (exact) mass is 156 g/mol. The van der Waals surface area contributed by atoms with Gasteiger partial charge in [0.05, 0.1) is 5.41 Å². The Labute approximate surface area is 67.9 Å². The van der Waals surface area contributed by atoms with E-state index in [2.05, 4.69) is 6.58 Å². The van der Waals surface area contributed by atoms with Gasteiger partial charge in [0.25, 0.3) is 0 Å². The van der Waals surface area contributed by atoms with Crippen molar-refractivity contribution in [3.05, 3.63) is 12.7 Å². The number of carboxylic acid groups (broad SMARTS) is 1. The fourth-order valence-corrected chi connectivity index (χ4v) is 0.840. The van der Waals surface area contributed by atoms with Crippen LogP contribution >= 0.6 is 0 Å². The van der Waals surface area contributed by atoms with Crippen LogP contribution in [-0.2, 0) is 4.79 Å². The van der Waals surface area contributed by atoms with Crippen molar-refractivity contribution in [1.82, 2.24) is 0 Å². The molecule has 1 N–H and O–H groups in total. The Bertz CT molecular complexity index is 152. The summed E-state index contributed by atoms with van der Waals surface area (Å²) in [6.45, 7) is 7.28. The molecule has 0 aliphatic rings. The van der Waals surface area contributed by atoms with Crippen LogP contribution in [0.25, 0.3) is 0 Å². The number of hydrogen-bond acceptors (Lipinski definition) is 1. The summed E-state index contributed by atoms with van der Waals surface area (Å²) in [4.78, 5) is 10.7. The Hall–Kier alpha value is -0.790. The molecule has 0 aliphatic carbocycles. The lowest BCUT2D eigenvalue weighted by Gasteiger charge is -2.19. The van der Waals surface area contributed by atoms with Crippen molar-refractivity contribution < 1.29 is 9.90 Å². The maximum Gasteiger partial charge on any atom is 0.313 e. The molecule has 0 spiro atoms. The normalized spacial score (nSPS) is 15.5. The zero-order chi connectivity index (χ0) is 8.91. The summed E-state index contributed by atoms with van der Waals surface area (Å²) in [6.07, 6.45) is 4.17. The summed E-state index contributed by atoms with van der Waals surface area (Å²) >= 11 is 0. The molecular formula is C9H16O2. The quantitative estimate of drug-likeness (QED) is 0.621. The lowest BCUT2D eigenvalue weighted by Crippen LogP contribution is -2.24. The fourth-order valence-electron chi connectivity index (χ4n) is 0.840. The highest BCUT2D eigenvalue weighted by atomic mass is 16.4. The van der Waals surface area contributed by atoms with Crippen LogP contribution in [0.4, 0.5) is 0 Å². The second-order valence-corrected chi connectivity index (χ2v) is 3.03. The van der Waals surface area contributed by atoms with Gasteiger partial charge in [-0.25, -0.2) is 0 Å². The van der Waals surface area contributed by atoms with Crippen molar-refractivity contribution in [3.8, 4) is 0 Å². The summed E-state index contributed by atoms with van der Waals surface area (Å²) in [7, 11) is 0. The van der Waals surface area contributed by atoms with Gasteiger partial charge in [0.1, 0.15) is 0 Å². The van der Waals surface area contributed by atoms with E-state index < -0.39 is 11.4 Å². The highest BCUT2D eigenvalue weighted by Crippen LogP contribution is 2.25. The molecule has 0 aliphatic heterocycles. The van der Waals surface area contributed by atoms with Crippen LogP contribution in [-0.4, -0.2) is 11.1 Å². The van der Waals surface area contributed by atoms with E-state index in [0.717, 1.165) is 12.8 Å². The first-order chi connectivity index (χ1) is 5.06. The van der Waals surface area contributed by atoms with E-state index in [1.54, 1.807) is 6.92 Å². The third kappa shape index (κ3) is 2.74. The minimum absolute atomic E-state index is 0.683. The molecule has 0 amide bonds. The maximum atomic E-state index is 10.7. The van der Waals surface area contributed by atoms with Gasteiger partial charge in [0.2, 0.25) is 0 Å². The molecule has 0 bridgehead atoms. The van der Waals surface area contributed by atoms with Crippen LogP contribution in [0.3, 0.4) is 0 Å². The van der Waals surface area contributed by atoms with E-state index in [9.17, 15) is 4.79 Å². The molecule has 0 aromatic carbocycles. The van der Waals surface area contributed by atoms with E-state index in [1.807, 2.05) is 6.92 Å². The maximum absolute atomic E-state index is 10.7. The van der Waals surface area contributed by atoms with E-state index >= 15 is 0 Å². The first-order valence-corrected chi connectivity index (χ1v) is 3.94. The zero-order valence-electron chi connectivity index (χ0n) is 7.26. The summed E-state index contributed by atoms with van der Waals surface area (Å²) in [5.41, 5.74) is -0.726. The lowest BCUT2D eigenvalue weighted by atomic mass is 9.85. The minimum atomic E-state index is -0.777. The molecule has 0 saturated heterocycles. The molecule has 64 valence electrons. The molecule has 0 aromatic rings. The van der Waals surface area contributed by atoms with Crippen LogP contribution in [0, 0.1) is 5.41 Å². The predicted octanol–water partition coefficient (Wildman–Crippen LogP) is 2.45. The second-order valence-electron chi connectivity index (χ2n) is 3.03. The van der Waals surface area contributed by atoms with Gasteiger partial charge in [-0.2, -0.15) is 0 Å². The van der Waals surface area contributed by atoms with Gasteiger partial charge >= 0.3 is 5.97 Å². The van der Waals surface area contributed by atoms with Crippen LogP contribution in [0.2, 0.25) is 0 Å². The molecule has 1 atom stereocenters. The molecular weight excluding hydrogens is 140 g/mol. The number of rotatable bonds is 5. The predicted molar refractivity (Wildman–Crippen MR) is 45.5 cm³/mol. The average molecular weight is 156 g/mol. The highest BCUT2D eigenvalue weighted by molar-refractivity contribution is 5.76. The Morgan fingerprint density at radius 1 is 1.73 bits per heavy atom. The molecule has 2 heteroatoms. The Kier molecular flexibility index (Phi) is 3.86. The van der Waals surface area contributed by atoms with Crippen molar-refractivity contribution in [2.24, 2.45) is 5.41 Å². The lowest BCUT2D eigenvalue weighted by molar-refractivity contribution is -0.145. The van der Waals surface area contributed by atoms with E-state index in [-0.39, 0.29) is 0 Å². The number of carboxylic acids is 1. The van der Waals surface area contributed by atoms with Crippen molar-refractivity contribution in [1.29, 1.82) is 0 Å². The fraction of sp³-hybridized carbons (Fsp3) is 0.667. The van der Waals surface area contributed by atoms with Gasteiger partial charge in [-0.15, -0.1) is 6.58 Å². The summed E-state index contributed by atoms with van der Waals surface area (Å²) in [6, 6.07) is 0. The van der Waals surface area contributed by atoms with E-state index in [4.69, 9.17) is 5.11 Å². The largest absolute Gasteiger partial charge is 0.481 e. The molecule has 11 heavy (non-hydrogen) atoms. The minimum Gasteiger partial charge on any atom is -0.481 e. The summed E-state index contributed by atoms with van der Waals surface area (Å²) < 4.78 is 0. The van der Waals surface area contributed by atoms with Gasteiger partial charge in [-0.3, -0.25) is 4.79 Å². The van der Waals surface area contributed by atoms with Gasteiger partial charge in [0, 0.05) is 0 Å². The van der Waals surface area contributed by atoms with Crippen molar-refractivity contribution >= 4 is 5.97 Å². The van der Waals surface area contributed by atoms with Crippen LogP contribution < -0.4 is 0 Å². The second kappa shape index (κ2) is 4.16. The smallest absolute Gasteiger partial charge is 0.313 e. The molecule has 2 nitrogen and oxygen atoms in total. The van der Waals surface area contributed by atoms with Crippen molar-refractivity contribution in [2.45, 2.75) is 33.1 Å². The number of unbranched alkanes of at least 4 members (excludes halogenated alkanes) is 1. The molecule has 0 fully saturated rings. The highest BCUT2D eigenvalue weighted by Gasteiger charge is 2.28. The van der Waals surface area contributed by atoms with Gasteiger partial charge < -0.3 is 5.11 Å². The Balaban J connectivity index is 4.10. The van der Waals surface area contributed by atoms with Crippen molar-refractivity contribution in [3.63, 3.8) is 0 Å². The summed E-state index contributed by atoms with van der Waals surface area (Å²) in [5, 5.41) is 8.79. The summed E-state index contributed by atoms with van der Waals surface area (Å²) in [5.74, 6) is -0.777. The standard InChI is InChI=1S/C9H16O2/c1-4-6-7-9(3,5-2)8(10)11/h5H,2,4,6-7H2,1,3H3,(H,10,11). The molecule has 0 heterocycles. The number of hydrogen-bond donors (Lipinski definition) is 1. The van der Waals surface area contributed by atoms with Crippen molar-refractivity contribution in [2.75, 3.05) is 0 Å². The average Bonchev–Trinajstić information content (AvgIpc) is 2.00. The zero-order valence-corrected chi connectivity index (χ0v) is 7.26. The molecule has 0 saturated carbocycles. The van der Waals surface area contributed by atoms with E-state index in [0.29, 0.717) is 6.42 Å². The topological polar surface area (TPSA) is 37.3 Å². The van der Waals surface area contributed by atoms with Gasteiger partial charge in [0.15, 0.2) is 0 Å². The van der Waals surface area contributed by atoms with Gasteiger partial charge in [-0.1, -0.05) is 25.8 Å². The van der Waals surface area contributed by atoms with Crippen LogP contribution in [0.15, 0.2) is 12.7 Å². The first-order valence-electron chi connectivity index (χ1n) is 3.94. The molecule has 0 aromatic heterocycles. The molecule has 1 unspecified atom stereocenters. The van der Waals surface area contributed by atoms with Crippen LogP contribution in [0.1, 0.15) is 33.1 Å². The Morgan fingerprint density at radius 2 is 2.27 bits per heavy atom. The molecule has 0 radical (unpaired) electrons.